The second-order valence-electron chi connectivity index (χ2n) is 7.23. The third-order valence-electron chi connectivity index (χ3n) is 5.13. The van der Waals surface area contributed by atoms with Gasteiger partial charge in [0, 0.05) is 24.4 Å². The number of nitrogens with zero attached hydrogens (tertiary/aromatic N) is 3. The van der Waals surface area contributed by atoms with E-state index in [2.05, 4.69) is 6.92 Å². The molecule has 4 rings (SSSR count). The smallest absolute Gasteiger partial charge is 0.329 e. The average Bonchev–Trinajstić information content (AvgIpc) is 3.50. The van der Waals surface area contributed by atoms with Gasteiger partial charge in [0.05, 0.1) is 30.4 Å². The molecule has 1 amide bonds. The molecule has 7 heteroatoms. The van der Waals surface area contributed by atoms with Crippen molar-refractivity contribution in [2.45, 2.75) is 45.9 Å². The minimum Gasteiger partial charge on any atom is -0.467 e. The Morgan fingerprint density at radius 1 is 1.00 bits per heavy atom. The van der Waals surface area contributed by atoms with Gasteiger partial charge in [-0.3, -0.25) is 13.9 Å². The van der Waals surface area contributed by atoms with E-state index in [-0.39, 0.29) is 18.0 Å². The number of aryl methyl sites for hydroxylation is 2. The highest BCUT2D eigenvalue weighted by atomic mass is 32.1. The summed E-state index contributed by atoms with van der Waals surface area (Å²) >= 11 is 1.63. The Morgan fingerprint density at radius 2 is 1.77 bits per heavy atom. The number of furan rings is 1. The first-order valence-corrected chi connectivity index (χ1v) is 11.1. The molecule has 30 heavy (non-hydrogen) atoms. The summed E-state index contributed by atoms with van der Waals surface area (Å²) in [6, 6.07) is 15.5. The molecule has 3 aromatic heterocycles. The van der Waals surface area contributed by atoms with Gasteiger partial charge < -0.3 is 9.32 Å². The number of hydrogen-bond donors (Lipinski definition) is 0. The number of para-hydroxylation sites is 2. The molecule has 0 atom stereocenters. The van der Waals surface area contributed by atoms with Crippen molar-refractivity contribution >= 4 is 28.3 Å². The summed E-state index contributed by atoms with van der Waals surface area (Å²) in [6.07, 6.45) is 2.75. The van der Waals surface area contributed by atoms with Gasteiger partial charge in [-0.1, -0.05) is 25.1 Å². The molecule has 0 unspecified atom stereocenters. The standard InChI is InChI=1S/C23H25N3O3S/c1-2-12-25-20-9-3-4-10-21(20)26(23(25)28)13-11-22(27)24(16-18-7-5-14-29-18)17-19-8-6-15-30-19/h3-10,14-15H,2,11-13,16-17H2,1H3. The van der Waals surface area contributed by atoms with Crippen LogP contribution < -0.4 is 5.69 Å². The van der Waals surface area contributed by atoms with Crippen LogP contribution in [0.5, 0.6) is 0 Å². The van der Waals surface area contributed by atoms with E-state index < -0.39 is 0 Å². The number of rotatable bonds is 9. The fourth-order valence-electron chi connectivity index (χ4n) is 3.71. The molecule has 0 bridgehead atoms. The van der Waals surface area contributed by atoms with E-state index in [1.54, 1.807) is 31.6 Å². The molecule has 0 saturated heterocycles. The van der Waals surface area contributed by atoms with Crippen LogP contribution >= 0.6 is 11.3 Å². The molecule has 0 radical (unpaired) electrons. The molecule has 156 valence electrons. The maximum absolute atomic E-state index is 13.1. The van der Waals surface area contributed by atoms with Gasteiger partial charge in [-0.15, -0.1) is 11.3 Å². The number of thiophene rings is 1. The quantitative estimate of drug-likeness (QED) is 0.399. The highest BCUT2D eigenvalue weighted by molar-refractivity contribution is 7.09. The van der Waals surface area contributed by atoms with Crippen LogP contribution in [0.3, 0.4) is 0 Å². The lowest BCUT2D eigenvalue weighted by Crippen LogP contribution is -2.32. The first-order chi connectivity index (χ1) is 14.7. The van der Waals surface area contributed by atoms with Crippen LogP contribution in [-0.2, 0) is 31.0 Å². The lowest BCUT2D eigenvalue weighted by molar-refractivity contribution is -0.132. The number of fused-ring (bicyclic) bond motifs is 1. The van der Waals surface area contributed by atoms with E-state index in [9.17, 15) is 9.59 Å². The van der Waals surface area contributed by atoms with Crippen LogP contribution in [0.15, 0.2) is 69.4 Å². The van der Waals surface area contributed by atoms with Crippen LogP contribution in [-0.4, -0.2) is 19.9 Å². The van der Waals surface area contributed by atoms with Crippen molar-refractivity contribution in [1.82, 2.24) is 14.0 Å². The Hall–Kier alpha value is -3.06. The maximum atomic E-state index is 13.1. The van der Waals surface area contributed by atoms with Gasteiger partial charge in [0.15, 0.2) is 0 Å². The van der Waals surface area contributed by atoms with Crippen LogP contribution in [0.1, 0.15) is 30.4 Å². The SMILES string of the molecule is CCCn1c(=O)n(CCC(=O)N(Cc2ccco2)Cc2cccs2)c2ccccc21. The van der Waals surface area contributed by atoms with E-state index in [1.165, 1.54) is 0 Å². The van der Waals surface area contributed by atoms with Crippen molar-refractivity contribution in [3.63, 3.8) is 0 Å². The topological polar surface area (TPSA) is 60.4 Å². The van der Waals surface area contributed by atoms with E-state index in [0.717, 1.165) is 28.1 Å². The van der Waals surface area contributed by atoms with Crippen LogP contribution in [0, 0.1) is 0 Å². The summed E-state index contributed by atoms with van der Waals surface area (Å²) in [4.78, 5) is 29.0. The van der Waals surface area contributed by atoms with Gasteiger partial charge in [0.25, 0.3) is 0 Å². The Balaban J connectivity index is 1.54. The molecule has 0 aliphatic rings. The summed E-state index contributed by atoms with van der Waals surface area (Å²) in [5.41, 5.74) is 1.74. The summed E-state index contributed by atoms with van der Waals surface area (Å²) in [5.74, 6) is 0.746. The van der Waals surface area contributed by atoms with Crippen molar-refractivity contribution in [3.8, 4) is 0 Å². The van der Waals surface area contributed by atoms with Crippen molar-refractivity contribution < 1.29 is 9.21 Å². The van der Waals surface area contributed by atoms with Gasteiger partial charge in [-0.2, -0.15) is 0 Å². The monoisotopic (exact) mass is 423 g/mol. The summed E-state index contributed by atoms with van der Waals surface area (Å²) in [6.45, 7) is 4.02. The van der Waals surface area contributed by atoms with Crippen molar-refractivity contribution in [2.24, 2.45) is 0 Å². The minimum atomic E-state index is -0.0540. The van der Waals surface area contributed by atoms with E-state index >= 15 is 0 Å². The summed E-state index contributed by atoms with van der Waals surface area (Å²) in [5, 5.41) is 2.01. The number of benzene rings is 1. The zero-order valence-electron chi connectivity index (χ0n) is 17.0. The second kappa shape index (κ2) is 9.17. The van der Waals surface area contributed by atoms with Gasteiger partial charge in [0.2, 0.25) is 5.91 Å². The third kappa shape index (κ3) is 4.26. The average molecular weight is 424 g/mol. The molecule has 0 aliphatic carbocycles. The first-order valence-electron chi connectivity index (χ1n) is 10.2. The Bertz CT molecular complexity index is 1120. The molecular formula is C23H25N3O3S. The predicted octanol–water partition coefficient (Wildman–Crippen LogP) is 4.49. The van der Waals surface area contributed by atoms with Crippen molar-refractivity contribution in [2.75, 3.05) is 0 Å². The zero-order valence-corrected chi connectivity index (χ0v) is 17.8. The maximum Gasteiger partial charge on any atom is 0.329 e. The fourth-order valence-corrected chi connectivity index (χ4v) is 4.43. The number of amides is 1. The number of aromatic nitrogens is 2. The molecule has 0 fully saturated rings. The molecule has 6 nitrogen and oxygen atoms in total. The lowest BCUT2D eigenvalue weighted by Gasteiger charge is -2.21. The minimum absolute atomic E-state index is 0.000905. The molecule has 0 N–H and O–H groups in total. The fraction of sp³-hybridized carbons (Fsp3) is 0.304. The van der Waals surface area contributed by atoms with Crippen molar-refractivity contribution in [3.05, 3.63) is 81.3 Å². The highest BCUT2D eigenvalue weighted by Crippen LogP contribution is 2.17. The van der Waals surface area contributed by atoms with Crippen LogP contribution in [0.4, 0.5) is 0 Å². The third-order valence-corrected chi connectivity index (χ3v) is 5.99. The van der Waals surface area contributed by atoms with Crippen LogP contribution in [0.2, 0.25) is 0 Å². The largest absolute Gasteiger partial charge is 0.467 e. The second-order valence-corrected chi connectivity index (χ2v) is 8.27. The molecular weight excluding hydrogens is 398 g/mol. The van der Waals surface area contributed by atoms with E-state index in [0.29, 0.717) is 26.2 Å². The van der Waals surface area contributed by atoms with Crippen LogP contribution in [0.25, 0.3) is 11.0 Å². The molecule has 0 spiro atoms. The highest BCUT2D eigenvalue weighted by Gasteiger charge is 2.19. The number of imidazole rings is 1. The lowest BCUT2D eigenvalue weighted by atomic mass is 10.2. The zero-order chi connectivity index (χ0) is 20.9. The summed E-state index contributed by atoms with van der Waals surface area (Å²) in [7, 11) is 0. The molecule has 3 heterocycles. The Labute approximate surface area is 179 Å². The van der Waals surface area contributed by atoms with Crippen molar-refractivity contribution in [1.29, 1.82) is 0 Å². The number of hydrogen-bond acceptors (Lipinski definition) is 4. The van der Waals surface area contributed by atoms with E-state index in [1.807, 2.05) is 53.9 Å². The van der Waals surface area contributed by atoms with Gasteiger partial charge >= 0.3 is 5.69 Å². The normalized spacial score (nSPS) is 11.2. The predicted molar refractivity (Wildman–Crippen MR) is 118 cm³/mol. The Morgan fingerprint density at radius 3 is 2.40 bits per heavy atom. The Kier molecular flexibility index (Phi) is 6.18. The van der Waals surface area contributed by atoms with Gasteiger partial charge in [-0.25, -0.2) is 4.79 Å². The summed E-state index contributed by atoms with van der Waals surface area (Å²) < 4.78 is 8.97. The van der Waals surface area contributed by atoms with E-state index in [4.69, 9.17) is 4.42 Å². The molecule has 0 aliphatic heterocycles. The van der Waals surface area contributed by atoms with Gasteiger partial charge in [-0.05, 0) is 42.1 Å². The molecule has 0 saturated carbocycles. The first kappa shape index (κ1) is 20.2. The molecule has 1 aromatic carbocycles. The number of carbonyl (C=O) groups is 1. The number of carbonyl (C=O) groups excluding carboxylic acids is 1. The van der Waals surface area contributed by atoms with Gasteiger partial charge in [0.1, 0.15) is 5.76 Å². The molecule has 4 aromatic rings.